The van der Waals surface area contributed by atoms with Crippen LogP contribution in [0.4, 0.5) is 0 Å². The summed E-state index contributed by atoms with van der Waals surface area (Å²) in [5.74, 6) is 0. The highest BCUT2D eigenvalue weighted by Crippen LogP contribution is 2.41. The van der Waals surface area contributed by atoms with Gasteiger partial charge in [0, 0.05) is 49.3 Å². The second kappa shape index (κ2) is 11.8. The molecule has 0 spiro atoms. The minimum Gasteiger partial charge on any atom is -0.309 e. The standard InChI is InChI=1S/C50H29N5/c51-30-32-20-27-41-39-12-1-5-15-44(39)53(49(41)28-32)35-24-21-33(22-25-35)43-29-36(26-23-34(43)31-52)54-45-16-6-4-13-40(45)42-14-9-19-48(50(42)54)55-46-17-7-2-10-37(46)38-11-3-8-18-47(38)55/h1-29H. The van der Waals surface area contributed by atoms with Gasteiger partial charge < -0.3 is 13.7 Å². The second-order valence-corrected chi connectivity index (χ2v) is 14.0. The molecule has 0 atom stereocenters. The summed E-state index contributed by atoms with van der Waals surface area (Å²) in [6.07, 6.45) is 0. The van der Waals surface area contributed by atoms with E-state index in [9.17, 15) is 10.5 Å². The molecule has 0 unspecified atom stereocenters. The summed E-state index contributed by atoms with van der Waals surface area (Å²) in [5.41, 5.74) is 12.7. The fraction of sp³-hybridized carbons (Fsp3) is 0. The highest BCUT2D eigenvalue weighted by Gasteiger charge is 2.21. The summed E-state index contributed by atoms with van der Waals surface area (Å²) in [4.78, 5) is 0. The van der Waals surface area contributed by atoms with Gasteiger partial charge in [0.15, 0.2) is 0 Å². The number of rotatable bonds is 4. The zero-order valence-corrected chi connectivity index (χ0v) is 29.5. The van der Waals surface area contributed by atoms with Gasteiger partial charge in [-0.1, -0.05) is 103 Å². The van der Waals surface area contributed by atoms with Gasteiger partial charge in [-0.15, -0.1) is 0 Å². The molecule has 3 heterocycles. The van der Waals surface area contributed by atoms with Gasteiger partial charge in [-0.3, -0.25) is 0 Å². The highest BCUT2D eigenvalue weighted by atomic mass is 15.1. The molecule has 0 saturated carbocycles. The second-order valence-electron chi connectivity index (χ2n) is 14.0. The minimum atomic E-state index is 0.607. The SMILES string of the molecule is N#Cc1ccc2c3ccccc3n(-c3ccc(-c4cc(-n5c6ccccc6c6cccc(-n7c8ccccc8c8ccccc87)c65)ccc4C#N)cc3)c2c1. The number of nitriles is 2. The first-order valence-corrected chi connectivity index (χ1v) is 18.3. The third kappa shape index (κ3) is 4.45. The van der Waals surface area contributed by atoms with Crippen molar-refractivity contribution < 1.29 is 0 Å². The smallest absolute Gasteiger partial charge is 0.0998 e. The summed E-state index contributed by atoms with van der Waals surface area (Å²) in [6.45, 7) is 0. The van der Waals surface area contributed by atoms with Crippen molar-refractivity contribution in [3.63, 3.8) is 0 Å². The Morgan fingerprint density at radius 2 is 0.891 bits per heavy atom. The van der Waals surface area contributed by atoms with Crippen LogP contribution in [0.3, 0.4) is 0 Å². The third-order valence-electron chi connectivity index (χ3n) is 11.1. The first kappa shape index (κ1) is 30.7. The molecule has 0 N–H and O–H groups in total. The van der Waals surface area contributed by atoms with Crippen LogP contribution in [-0.4, -0.2) is 13.7 Å². The molecule has 8 aromatic carbocycles. The quantitative estimate of drug-likeness (QED) is 0.184. The molecular weight excluding hydrogens is 671 g/mol. The zero-order chi connectivity index (χ0) is 36.6. The Morgan fingerprint density at radius 1 is 0.364 bits per heavy atom. The van der Waals surface area contributed by atoms with Crippen LogP contribution in [0.5, 0.6) is 0 Å². The van der Waals surface area contributed by atoms with E-state index in [1.165, 1.54) is 16.2 Å². The molecule has 0 bridgehead atoms. The van der Waals surface area contributed by atoms with Gasteiger partial charge in [0.05, 0.1) is 62.1 Å². The number of para-hydroxylation sites is 5. The van der Waals surface area contributed by atoms with E-state index in [0.29, 0.717) is 11.1 Å². The van der Waals surface area contributed by atoms with Gasteiger partial charge in [-0.05, 0) is 78.4 Å². The van der Waals surface area contributed by atoms with E-state index >= 15 is 0 Å². The molecule has 0 radical (unpaired) electrons. The Kier molecular flexibility index (Phi) is 6.61. The van der Waals surface area contributed by atoms with Crippen molar-refractivity contribution in [3.05, 3.63) is 187 Å². The molecular formula is C50H29N5. The maximum absolute atomic E-state index is 10.4. The number of nitrogens with zero attached hydrogens (tertiary/aromatic N) is 5. The lowest BCUT2D eigenvalue weighted by Gasteiger charge is -2.16. The van der Waals surface area contributed by atoms with E-state index in [1.54, 1.807) is 0 Å². The number of fused-ring (bicyclic) bond motifs is 9. The monoisotopic (exact) mass is 699 g/mol. The van der Waals surface area contributed by atoms with E-state index < -0.39 is 0 Å². The van der Waals surface area contributed by atoms with Crippen LogP contribution in [0.1, 0.15) is 11.1 Å². The Hall–Kier alpha value is -7.86. The predicted octanol–water partition coefficient (Wildman–Crippen LogP) is 12.4. The number of hydrogen-bond acceptors (Lipinski definition) is 2. The average Bonchev–Trinajstić information content (AvgIpc) is 3.89. The van der Waals surface area contributed by atoms with Crippen LogP contribution in [0.2, 0.25) is 0 Å². The molecule has 55 heavy (non-hydrogen) atoms. The normalized spacial score (nSPS) is 11.6. The van der Waals surface area contributed by atoms with Crippen LogP contribution in [-0.2, 0) is 0 Å². The summed E-state index contributed by atoms with van der Waals surface area (Å²) in [7, 11) is 0. The fourth-order valence-electron chi connectivity index (χ4n) is 8.75. The summed E-state index contributed by atoms with van der Waals surface area (Å²) in [6, 6.07) is 65.9. The van der Waals surface area contributed by atoms with E-state index in [-0.39, 0.29) is 0 Å². The molecule has 0 aliphatic rings. The fourth-order valence-corrected chi connectivity index (χ4v) is 8.75. The van der Waals surface area contributed by atoms with E-state index in [2.05, 4.69) is 165 Å². The molecule has 0 fully saturated rings. The van der Waals surface area contributed by atoms with Crippen LogP contribution in [0.15, 0.2) is 176 Å². The third-order valence-corrected chi connectivity index (χ3v) is 11.1. The van der Waals surface area contributed by atoms with Crippen LogP contribution in [0, 0.1) is 22.7 Å². The lowest BCUT2D eigenvalue weighted by Crippen LogP contribution is -2.01. The number of hydrogen-bond donors (Lipinski definition) is 0. The van der Waals surface area contributed by atoms with Gasteiger partial charge in [0.2, 0.25) is 0 Å². The van der Waals surface area contributed by atoms with Crippen LogP contribution >= 0.6 is 0 Å². The van der Waals surface area contributed by atoms with Crippen molar-refractivity contribution in [2.24, 2.45) is 0 Å². The van der Waals surface area contributed by atoms with E-state index in [1.807, 2.05) is 36.4 Å². The van der Waals surface area contributed by atoms with Gasteiger partial charge >= 0.3 is 0 Å². The molecule has 11 rings (SSSR count). The summed E-state index contributed by atoms with van der Waals surface area (Å²) >= 11 is 0. The van der Waals surface area contributed by atoms with Crippen LogP contribution < -0.4 is 0 Å². The Morgan fingerprint density at radius 3 is 1.51 bits per heavy atom. The lowest BCUT2D eigenvalue weighted by molar-refractivity contribution is 1.13. The predicted molar refractivity (Wildman–Crippen MR) is 224 cm³/mol. The number of benzene rings is 8. The molecule has 5 nitrogen and oxygen atoms in total. The molecule has 0 aliphatic heterocycles. The van der Waals surface area contributed by atoms with Crippen LogP contribution in [0.25, 0.3) is 93.6 Å². The first-order chi connectivity index (χ1) is 27.2. The van der Waals surface area contributed by atoms with Gasteiger partial charge in [-0.2, -0.15) is 10.5 Å². The molecule has 254 valence electrons. The minimum absolute atomic E-state index is 0.607. The maximum Gasteiger partial charge on any atom is 0.0998 e. The molecule has 5 heteroatoms. The lowest BCUT2D eigenvalue weighted by atomic mass is 9.99. The Labute approximate surface area is 316 Å². The van der Waals surface area contributed by atoms with Gasteiger partial charge in [0.1, 0.15) is 0 Å². The molecule has 0 amide bonds. The topological polar surface area (TPSA) is 62.4 Å². The zero-order valence-electron chi connectivity index (χ0n) is 29.5. The Bertz CT molecular complexity index is 3400. The average molecular weight is 700 g/mol. The van der Waals surface area contributed by atoms with Crippen molar-refractivity contribution in [1.29, 1.82) is 10.5 Å². The summed E-state index contributed by atoms with van der Waals surface area (Å²) < 4.78 is 6.96. The molecule has 3 aromatic heterocycles. The first-order valence-electron chi connectivity index (χ1n) is 18.3. The Balaban J connectivity index is 1.13. The van der Waals surface area contributed by atoms with Crippen molar-refractivity contribution in [2.45, 2.75) is 0 Å². The maximum atomic E-state index is 10.4. The largest absolute Gasteiger partial charge is 0.309 e. The van der Waals surface area contributed by atoms with Gasteiger partial charge in [0.25, 0.3) is 0 Å². The molecule has 0 aliphatic carbocycles. The molecule has 0 saturated heterocycles. The van der Waals surface area contributed by atoms with E-state index in [0.717, 1.165) is 77.4 Å². The van der Waals surface area contributed by atoms with Crippen molar-refractivity contribution in [2.75, 3.05) is 0 Å². The summed E-state index contributed by atoms with van der Waals surface area (Å²) in [5, 5.41) is 27.1. The highest BCUT2D eigenvalue weighted by molar-refractivity contribution is 6.15. The van der Waals surface area contributed by atoms with Gasteiger partial charge in [-0.25, -0.2) is 0 Å². The van der Waals surface area contributed by atoms with E-state index in [4.69, 9.17) is 0 Å². The van der Waals surface area contributed by atoms with Crippen molar-refractivity contribution >= 4 is 65.4 Å². The van der Waals surface area contributed by atoms with Crippen molar-refractivity contribution in [1.82, 2.24) is 13.7 Å². The molecule has 11 aromatic rings. The van der Waals surface area contributed by atoms with Crippen molar-refractivity contribution in [3.8, 4) is 40.3 Å². The number of aromatic nitrogens is 3.